The van der Waals surface area contributed by atoms with E-state index in [0.29, 0.717) is 37.4 Å². The van der Waals surface area contributed by atoms with E-state index in [1.165, 1.54) is 121 Å². The van der Waals surface area contributed by atoms with Gasteiger partial charge in [-0.1, -0.05) is 135 Å². The SMILES string of the molecule is CCCCCCCCCCCCCCCC(CO[Si](CCCSC(=O)CCCCCCC)(OCC)OCC)NC. The Morgan fingerprint density at radius 1 is 0.650 bits per heavy atom. The zero-order chi connectivity index (χ0) is 29.6. The lowest BCUT2D eigenvalue weighted by Gasteiger charge is -2.30. The Kier molecular flexibility index (Phi) is 30.6. The van der Waals surface area contributed by atoms with Gasteiger partial charge in [-0.3, -0.25) is 4.79 Å². The minimum Gasteiger partial charge on any atom is -0.374 e. The molecule has 0 aromatic carbocycles. The van der Waals surface area contributed by atoms with Crippen molar-refractivity contribution >= 4 is 25.7 Å². The molecule has 0 radical (unpaired) electrons. The Labute approximate surface area is 255 Å². The van der Waals surface area contributed by atoms with Gasteiger partial charge in [0, 0.05) is 37.5 Å². The molecule has 0 aliphatic heterocycles. The summed E-state index contributed by atoms with van der Waals surface area (Å²) in [6.07, 6.45) is 26.6. The number of hydrogen-bond donors (Lipinski definition) is 1. The van der Waals surface area contributed by atoms with E-state index in [2.05, 4.69) is 19.2 Å². The van der Waals surface area contributed by atoms with E-state index in [0.717, 1.165) is 31.1 Å². The molecular formula is C33H69NO4SSi. The second-order valence-corrected chi connectivity index (χ2v) is 15.2. The summed E-state index contributed by atoms with van der Waals surface area (Å²) in [6, 6.07) is 1.10. The lowest BCUT2D eigenvalue weighted by molar-refractivity contribution is -0.111. The van der Waals surface area contributed by atoms with Crippen molar-refractivity contribution in [2.24, 2.45) is 0 Å². The molecule has 0 amide bonds. The van der Waals surface area contributed by atoms with Gasteiger partial charge >= 0.3 is 8.80 Å². The number of unbranched alkanes of at least 4 members (excludes halogenated alkanes) is 16. The summed E-state index contributed by atoms with van der Waals surface area (Å²) in [4.78, 5) is 12.2. The fourth-order valence-electron chi connectivity index (χ4n) is 5.15. The molecule has 0 saturated carbocycles. The predicted octanol–water partition coefficient (Wildman–Crippen LogP) is 10.1. The molecule has 0 heterocycles. The molecule has 0 aromatic heterocycles. The molecule has 40 heavy (non-hydrogen) atoms. The Balaban J connectivity index is 4.17. The Morgan fingerprint density at radius 3 is 1.60 bits per heavy atom. The first-order chi connectivity index (χ1) is 19.6. The van der Waals surface area contributed by atoms with Crippen LogP contribution in [0.2, 0.25) is 6.04 Å². The molecule has 5 nitrogen and oxygen atoms in total. The quantitative estimate of drug-likeness (QED) is 0.0610. The summed E-state index contributed by atoms with van der Waals surface area (Å²) in [7, 11) is -0.705. The van der Waals surface area contributed by atoms with Gasteiger partial charge in [0.1, 0.15) is 0 Å². The smallest absolute Gasteiger partial charge is 0.374 e. The molecule has 1 N–H and O–H groups in total. The fraction of sp³-hybridized carbons (Fsp3) is 0.970. The number of thioether (sulfide) groups is 1. The summed E-state index contributed by atoms with van der Waals surface area (Å²) in [6.45, 7) is 10.4. The largest absolute Gasteiger partial charge is 0.501 e. The van der Waals surface area contributed by atoms with E-state index >= 15 is 0 Å². The van der Waals surface area contributed by atoms with Gasteiger partial charge in [0.15, 0.2) is 5.12 Å². The van der Waals surface area contributed by atoms with E-state index in [4.69, 9.17) is 13.3 Å². The van der Waals surface area contributed by atoms with Crippen molar-refractivity contribution < 1.29 is 18.1 Å². The summed E-state index contributed by atoms with van der Waals surface area (Å²) in [5.41, 5.74) is 0. The van der Waals surface area contributed by atoms with Gasteiger partial charge in [0.05, 0.1) is 6.61 Å². The second-order valence-electron chi connectivity index (χ2n) is 11.4. The topological polar surface area (TPSA) is 56.8 Å². The molecule has 0 bridgehead atoms. The zero-order valence-electron chi connectivity index (χ0n) is 27.5. The number of nitrogens with one attached hydrogen (secondary N) is 1. The van der Waals surface area contributed by atoms with E-state index in [1.807, 2.05) is 20.9 Å². The van der Waals surface area contributed by atoms with E-state index in [-0.39, 0.29) is 0 Å². The Hall–Kier alpha value is 0.0769. The van der Waals surface area contributed by atoms with Crippen molar-refractivity contribution in [3.8, 4) is 0 Å². The van der Waals surface area contributed by atoms with Crippen molar-refractivity contribution in [3.63, 3.8) is 0 Å². The van der Waals surface area contributed by atoms with Gasteiger partial charge in [-0.15, -0.1) is 0 Å². The highest BCUT2D eigenvalue weighted by atomic mass is 32.2. The molecule has 0 rings (SSSR count). The van der Waals surface area contributed by atoms with Crippen LogP contribution < -0.4 is 5.32 Å². The molecule has 7 heteroatoms. The monoisotopic (exact) mass is 603 g/mol. The fourth-order valence-corrected chi connectivity index (χ4v) is 8.84. The maximum Gasteiger partial charge on any atom is 0.501 e. The zero-order valence-corrected chi connectivity index (χ0v) is 29.3. The van der Waals surface area contributed by atoms with Crippen LogP contribution in [0.15, 0.2) is 0 Å². The van der Waals surface area contributed by atoms with Crippen LogP contribution in [0.5, 0.6) is 0 Å². The average molecular weight is 604 g/mol. The highest BCUT2D eigenvalue weighted by Gasteiger charge is 2.40. The maximum absolute atomic E-state index is 12.2. The molecule has 1 atom stereocenters. The van der Waals surface area contributed by atoms with Gasteiger partial charge < -0.3 is 18.6 Å². The van der Waals surface area contributed by atoms with Gasteiger partial charge in [0.2, 0.25) is 0 Å². The molecule has 0 spiro atoms. The third-order valence-corrected chi connectivity index (χ3v) is 11.7. The van der Waals surface area contributed by atoms with Gasteiger partial charge in [0.25, 0.3) is 0 Å². The van der Waals surface area contributed by atoms with Crippen LogP contribution in [0.25, 0.3) is 0 Å². The van der Waals surface area contributed by atoms with Gasteiger partial charge in [-0.05, 0) is 40.2 Å². The van der Waals surface area contributed by atoms with Crippen LogP contribution in [0, 0.1) is 0 Å². The summed E-state index contributed by atoms with van der Waals surface area (Å²) < 4.78 is 18.8. The van der Waals surface area contributed by atoms with Crippen LogP contribution in [-0.4, -0.2) is 52.6 Å². The van der Waals surface area contributed by atoms with Crippen LogP contribution in [-0.2, 0) is 18.1 Å². The molecule has 1 unspecified atom stereocenters. The summed E-state index contributed by atoms with van der Waals surface area (Å²) >= 11 is 1.48. The lowest BCUT2D eigenvalue weighted by Crippen LogP contribution is -2.48. The van der Waals surface area contributed by atoms with Gasteiger partial charge in [-0.2, -0.15) is 0 Å². The predicted molar refractivity (Wildman–Crippen MR) is 178 cm³/mol. The number of carbonyl (C=O) groups is 1. The molecule has 0 aromatic rings. The number of hydrogen-bond acceptors (Lipinski definition) is 6. The number of likely N-dealkylation sites (N-methyl/N-ethyl adjacent to an activating group) is 1. The average Bonchev–Trinajstić information content (AvgIpc) is 2.95. The Bertz CT molecular complexity index is 535. The van der Waals surface area contributed by atoms with Crippen LogP contribution >= 0.6 is 11.8 Å². The van der Waals surface area contributed by atoms with Crippen LogP contribution in [0.3, 0.4) is 0 Å². The minimum absolute atomic E-state index is 0.323. The first kappa shape index (κ1) is 40.1. The van der Waals surface area contributed by atoms with Crippen LogP contribution in [0.1, 0.15) is 163 Å². The van der Waals surface area contributed by atoms with E-state index in [1.54, 1.807) is 0 Å². The Morgan fingerprint density at radius 2 is 1.12 bits per heavy atom. The summed E-state index contributed by atoms with van der Waals surface area (Å²) in [5.74, 6) is 0.820. The summed E-state index contributed by atoms with van der Waals surface area (Å²) in [5, 5.41) is 3.78. The van der Waals surface area contributed by atoms with E-state index < -0.39 is 8.80 Å². The molecule has 0 fully saturated rings. The first-order valence-corrected chi connectivity index (χ1v) is 20.2. The third-order valence-electron chi connectivity index (χ3n) is 7.67. The molecule has 0 aliphatic carbocycles. The highest BCUT2D eigenvalue weighted by molar-refractivity contribution is 8.13. The normalized spacial score (nSPS) is 12.7. The molecular weight excluding hydrogens is 535 g/mol. The molecule has 0 aliphatic rings. The van der Waals surface area contributed by atoms with Crippen LogP contribution in [0.4, 0.5) is 0 Å². The molecule has 240 valence electrons. The van der Waals surface area contributed by atoms with Crippen molar-refractivity contribution in [2.45, 2.75) is 175 Å². The maximum atomic E-state index is 12.2. The standard InChI is InChI=1S/C33H69NO4SSi/c1-6-10-12-14-15-16-17-18-19-20-21-23-24-27-32(34-5)31-38-40(36-8-3,37-9-4)30-26-29-39-33(35)28-25-22-13-11-7-2/h32,34H,6-31H2,1-5H3. The first-order valence-electron chi connectivity index (χ1n) is 17.3. The number of rotatable bonds is 32. The van der Waals surface area contributed by atoms with Crippen molar-refractivity contribution in [1.29, 1.82) is 0 Å². The molecule has 0 saturated heterocycles. The third kappa shape index (κ3) is 24.7. The van der Waals surface area contributed by atoms with Crippen molar-refractivity contribution in [2.75, 3.05) is 32.6 Å². The minimum atomic E-state index is -2.74. The van der Waals surface area contributed by atoms with Gasteiger partial charge in [-0.25, -0.2) is 0 Å². The van der Waals surface area contributed by atoms with Crippen molar-refractivity contribution in [1.82, 2.24) is 5.32 Å². The second kappa shape index (κ2) is 30.5. The van der Waals surface area contributed by atoms with E-state index in [9.17, 15) is 4.79 Å². The lowest BCUT2D eigenvalue weighted by atomic mass is 10.0. The highest BCUT2D eigenvalue weighted by Crippen LogP contribution is 2.22. The number of carbonyl (C=O) groups excluding carboxylic acids is 1. The van der Waals surface area contributed by atoms with Crippen molar-refractivity contribution in [3.05, 3.63) is 0 Å².